The van der Waals surface area contributed by atoms with Crippen LogP contribution in [0.5, 0.6) is 5.75 Å². The molecule has 5 heteroatoms. The monoisotopic (exact) mass is 381 g/mol. The van der Waals surface area contributed by atoms with Gasteiger partial charge in [-0.15, -0.1) is 0 Å². The van der Waals surface area contributed by atoms with Crippen LogP contribution in [0.15, 0.2) is 36.4 Å². The standard InChI is InChI=1S/C23H27NO4/c1-14(2)17-11-18(15(3)4)22(26)19(12-17)23(27)28-13-21(25)24-10-9-16-7-5-6-8-20(16)24/h5-8,11-12,14-15,26H,9-10,13H2,1-4H3. The van der Waals surface area contributed by atoms with Crippen molar-refractivity contribution in [3.63, 3.8) is 0 Å². The number of rotatable bonds is 5. The zero-order chi connectivity index (χ0) is 20.4. The summed E-state index contributed by atoms with van der Waals surface area (Å²) in [6.07, 6.45) is 0.796. The smallest absolute Gasteiger partial charge is 0.342 e. The third-order valence-corrected chi connectivity index (χ3v) is 5.19. The lowest BCUT2D eigenvalue weighted by Gasteiger charge is -2.18. The number of fused-ring (bicyclic) bond motifs is 1. The summed E-state index contributed by atoms with van der Waals surface area (Å²) < 4.78 is 5.28. The van der Waals surface area contributed by atoms with Crippen molar-refractivity contribution in [1.29, 1.82) is 0 Å². The Morgan fingerprint density at radius 2 is 1.82 bits per heavy atom. The number of aromatic hydroxyl groups is 1. The van der Waals surface area contributed by atoms with Gasteiger partial charge in [0.05, 0.1) is 0 Å². The zero-order valence-electron chi connectivity index (χ0n) is 16.9. The number of hydrogen-bond acceptors (Lipinski definition) is 4. The zero-order valence-corrected chi connectivity index (χ0v) is 16.9. The highest BCUT2D eigenvalue weighted by Gasteiger charge is 2.26. The lowest BCUT2D eigenvalue weighted by Crippen LogP contribution is -2.33. The summed E-state index contributed by atoms with van der Waals surface area (Å²) in [6.45, 7) is 8.21. The number of nitrogens with zero attached hydrogens (tertiary/aromatic N) is 1. The first-order valence-electron chi connectivity index (χ1n) is 9.71. The number of para-hydroxylation sites is 1. The molecule has 0 aliphatic carbocycles. The first-order chi connectivity index (χ1) is 13.3. The lowest BCUT2D eigenvalue weighted by molar-refractivity contribution is -0.121. The molecule has 28 heavy (non-hydrogen) atoms. The van der Waals surface area contributed by atoms with E-state index >= 15 is 0 Å². The first kappa shape index (κ1) is 19.9. The van der Waals surface area contributed by atoms with Crippen molar-refractivity contribution in [2.75, 3.05) is 18.1 Å². The molecule has 1 aliphatic heterocycles. The molecule has 1 amide bonds. The number of hydrogen-bond donors (Lipinski definition) is 1. The van der Waals surface area contributed by atoms with E-state index in [1.165, 1.54) is 0 Å². The van der Waals surface area contributed by atoms with Crippen LogP contribution in [0.25, 0.3) is 0 Å². The summed E-state index contributed by atoms with van der Waals surface area (Å²) in [5.74, 6) is -0.742. The fourth-order valence-electron chi connectivity index (χ4n) is 3.49. The Kier molecular flexibility index (Phi) is 5.73. The van der Waals surface area contributed by atoms with Crippen LogP contribution in [0.1, 0.15) is 66.6 Å². The second-order valence-corrected chi connectivity index (χ2v) is 7.82. The van der Waals surface area contributed by atoms with Crippen LogP contribution in [0, 0.1) is 0 Å². The molecule has 0 fully saturated rings. The van der Waals surface area contributed by atoms with Crippen molar-refractivity contribution >= 4 is 17.6 Å². The highest BCUT2D eigenvalue weighted by molar-refractivity contribution is 5.99. The van der Waals surface area contributed by atoms with Crippen molar-refractivity contribution in [2.45, 2.75) is 46.0 Å². The Morgan fingerprint density at radius 3 is 2.50 bits per heavy atom. The van der Waals surface area contributed by atoms with Gasteiger partial charge in [-0.25, -0.2) is 4.79 Å². The number of carbonyl (C=O) groups is 2. The SMILES string of the molecule is CC(C)c1cc(C(=O)OCC(=O)N2CCc3ccccc32)c(O)c(C(C)C)c1. The maximum absolute atomic E-state index is 12.6. The minimum Gasteiger partial charge on any atom is -0.507 e. The topological polar surface area (TPSA) is 66.8 Å². The van der Waals surface area contributed by atoms with Crippen LogP contribution < -0.4 is 4.90 Å². The minimum atomic E-state index is -0.678. The maximum atomic E-state index is 12.6. The first-order valence-corrected chi connectivity index (χ1v) is 9.71. The molecule has 1 aliphatic rings. The predicted octanol–water partition coefficient (Wildman–Crippen LogP) is 4.39. The second-order valence-electron chi connectivity index (χ2n) is 7.82. The van der Waals surface area contributed by atoms with Crippen molar-refractivity contribution in [3.8, 4) is 5.75 Å². The second kappa shape index (κ2) is 8.05. The molecule has 0 aromatic heterocycles. The highest BCUT2D eigenvalue weighted by atomic mass is 16.5. The number of phenolic OH excluding ortho intramolecular Hbond substituents is 1. The number of carbonyl (C=O) groups excluding carboxylic acids is 2. The van der Waals surface area contributed by atoms with E-state index in [2.05, 4.69) is 0 Å². The average molecular weight is 381 g/mol. The predicted molar refractivity (Wildman–Crippen MR) is 109 cm³/mol. The van der Waals surface area contributed by atoms with Crippen LogP contribution in [0.2, 0.25) is 0 Å². The fourth-order valence-corrected chi connectivity index (χ4v) is 3.49. The Bertz CT molecular complexity index is 901. The van der Waals surface area contributed by atoms with Crippen molar-refractivity contribution in [2.24, 2.45) is 0 Å². The number of benzene rings is 2. The Balaban J connectivity index is 1.76. The molecular formula is C23H27NO4. The lowest BCUT2D eigenvalue weighted by atomic mass is 9.92. The van der Waals surface area contributed by atoms with E-state index in [0.29, 0.717) is 12.1 Å². The van der Waals surface area contributed by atoms with Gasteiger partial charge in [0, 0.05) is 12.2 Å². The Morgan fingerprint density at radius 1 is 1.11 bits per heavy atom. The molecular weight excluding hydrogens is 354 g/mol. The van der Waals surface area contributed by atoms with E-state index in [9.17, 15) is 14.7 Å². The minimum absolute atomic E-state index is 0.0629. The van der Waals surface area contributed by atoms with E-state index in [0.717, 1.165) is 23.2 Å². The van der Waals surface area contributed by atoms with Crippen molar-refractivity contribution in [1.82, 2.24) is 0 Å². The summed E-state index contributed by atoms with van der Waals surface area (Å²) >= 11 is 0. The molecule has 0 radical (unpaired) electrons. The molecule has 0 spiro atoms. The van der Waals surface area contributed by atoms with Gasteiger partial charge in [-0.05, 0) is 47.1 Å². The van der Waals surface area contributed by atoms with Crippen molar-refractivity contribution in [3.05, 3.63) is 58.7 Å². The largest absolute Gasteiger partial charge is 0.507 e. The van der Waals surface area contributed by atoms with E-state index < -0.39 is 5.97 Å². The number of phenols is 1. The molecule has 148 valence electrons. The van der Waals surface area contributed by atoms with E-state index in [1.807, 2.05) is 58.0 Å². The maximum Gasteiger partial charge on any atom is 0.342 e. The van der Waals surface area contributed by atoms with Gasteiger partial charge in [-0.2, -0.15) is 0 Å². The van der Waals surface area contributed by atoms with Gasteiger partial charge in [-0.1, -0.05) is 52.0 Å². The van der Waals surface area contributed by atoms with Crippen LogP contribution >= 0.6 is 0 Å². The van der Waals surface area contributed by atoms with E-state index in [4.69, 9.17) is 4.74 Å². The van der Waals surface area contributed by atoms with Gasteiger partial charge in [0.15, 0.2) is 6.61 Å². The van der Waals surface area contributed by atoms with Crippen LogP contribution in [0.3, 0.4) is 0 Å². The molecule has 0 atom stereocenters. The third-order valence-electron chi connectivity index (χ3n) is 5.19. The summed E-state index contributed by atoms with van der Waals surface area (Å²) in [7, 11) is 0. The van der Waals surface area contributed by atoms with Gasteiger partial charge >= 0.3 is 5.97 Å². The third kappa shape index (κ3) is 3.88. The molecule has 3 rings (SSSR count). The van der Waals surface area contributed by atoms with Gasteiger partial charge < -0.3 is 14.7 Å². The van der Waals surface area contributed by atoms with E-state index in [1.54, 1.807) is 11.0 Å². The van der Waals surface area contributed by atoms with Crippen LogP contribution in [-0.4, -0.2) is 30.1 Å². The van der Waals surface area contributed by atoms with Crippen LogP contribution in [-0.2, 0) is 16.0 Å². The molecule has 1 N–H and O–H groups in total. The molecule has 0 bridgehead atoms. The molecule has 2 aromatic carbocycles. The molecule has 2 aromatic rings. The molecule has 0 saturated carbocycles. The number of ether oxygens (including phenoxy) is 1. The molecule has 0 unspecified atom stereocenters. The normalized spacial score (nSPS) is 13.1. The summed E-state index contributed by atoms with van der Waals surface area (Å²) in [5.41, 5.74) is 3.76. The molecule has 1 heterocycles. The Labute approximate surface area is 165 Å². The van der Waals surface area contributed by atoms with E-state index in [-0.39, 0.29) is 35.7 Å². The van der Waals surface area contributed by atoms with Crippen LogP contribution in [0.4, 0.5) is 5.69 Å². The Hall–Kier alpha value is -2.82. The van der Waals surface area contributed by atoms with Gasteiger partial charge in [0.1, 0.15) is 11.3 Å². The van der Waals surface area contributed by atoms with Gasteiger partial charge in [0.2, 0.25) is 0 Å². The summed E-state index contributed by atoms with van der Waals surface area (Å²) in [4.78, 5) is 26.8. The van der Waals surface area contributed by atoms with Gasteiger partial charge in [0.25, 0.3) is 5.91 Å². The fraction of sp³-hybridized carbons (Fsp3) is 0.391. The number of esters is 1. The average Bonchev–Trinajstić information content (AvgIpc) is 3.09. The quantitative estimate of drug-likeness (QED) is 0.780. The molecule has 0 saturated heterocycles. The van der Waals surface area contributed by atoms with Gasteiger partial charge in [-0.3, -0.25) is 4.79 Å². The number of anilines is 1. The number of amides is 1. The highest BCUT2D eigenvalue weighted by Crippen LogP contribution is 2.33. The summed E-state index contributed by atoms with van der Waals surface area (Å²) in [5, 5.41) is 10.5. The summed E-state index contributed by atoms with van der Waals surface area (Å²) in [6, 6.07) is 11.3. The molecule has 5 nitrogen and oxygen atoms in total. The van der Waals surface area contributed by atoms with Crippen molar-refractivity contribution < 1.29 is 19.4 Å².